The summed E-state index contributed by atoms with van der Waals surface area (Å²) in [4.78, 5) is 0. The summed E-state index contributed by atoms with van der Waals surface area (Å²) in [6.45, 7) is 0.318. The van der Waals surface area contributed by atoms with Gasteiger partial charge in [0, 0.05) is 6.42 Å². The monoisotopic (exact) mass is 394 g/mol. The van der Waals surface area contributed by atoms with E-state index in [2.05, 4.69) is 0 Å². The Labute approximate surface area is 165 Å². The zero-order valence-corrected chi connectivity index (χ0v) is 16.0. The van der Waals surface area contributed by atoms with Crippen LogP contribution in [-0.4, -0.2) is 53.2 Å². The molecule has 0 spiro atoms. The van der Waals surface area contributed by atoms with Crippen LogP contribution >= 0.6 is 11.6 Å². The van der Waals surface area contributed by atoms with Crippen molar-refractivity contribution in [1.82, 2.24) is 0 Å². The van der Waals surface area contributed by atoms with Crippen molar-refractivity contribution in [3.05, 3.63) is 59.7 Å². The second-order valence-corrected chi connectivity index (χ2v) is 6.69. The minimum atomic E-state index is -0.730. The third kappa shape index (κ3) is 8.18. The maximum atomic E-state index is 9.40. The largest absolute Gasteiger partial charge is 0.493 e. The Bertz CT molecular complexity index is 645. The number of aryl methyl sites for hydroxylation is 2. The summed E-state index contributed by atoms with van der Waals surface area (Å²) in [7, 11) is 0. The normalized spacial score (nSPS) is 13.2. The lowest BCUT2D eigenvalue weighted by Gasteiger charge is -2.11. The highest BCUT2D eigenvalue weighted by atomic mass is 35.5. The van der Waals surface area contributed by atoms with Crippen LogP contribution in [0.3, 0.4) is 0 Å². The molecule has 27 heavy (non-hydrogen) atoms. The van der Waals surface area contributed by atoms with Gasteiger partial charge in [-0.1, -0.05) is 24.3 Å². The second-order valence-electron chi connectivity index (χ2n) is 6.38. The lowest BCUT2D eigenvalue weighted by atomic mass is 10.0. The lowest BCUT2D eigenvalue weighted by molar-refractivity contribution is 0.0754. The minimum absolute atomic E-state index is 0.159. The molecule has 2 rings (SSSR count). The fourth-order valence-electron chi connectivity index (χ4n) is 2.43. The molecule has 2 unspecified atom stereocenters. The fourth-order valence-corrected chi connectivity index (χ4v) is 2.52. The standard InChI is InChI=1S/C21H27ClO5/c22-13-19(25)15-27-21-9-5-17(6-10-21)2-1-16-3-7-20(8-4-16)26-12-11-18(24)14-23/h3-10,18-19,23-25H,1-2,11-15H2. The van der Waals surface area contributed by atoms with Crippen molar-refractivity contribution < 1.29 is 24.8 Å². The summed E-state index contributed by atoms with van der Waals surface area (Å²) in [6.07, 6.45) is 0.842. The predicted molar refractivity (Wildman–Crippen MR) is 106 cm³/mol. The molecule has 0 saturated carbocycles. The number of aliphatic hydroxyl groups is 3. The molecule has 0 fully saturated rings. The Morgan fingerprint density at radius 3 is 1.78 bits per heavy atom. The Morgan fingerprint density at radius 1 is 0.778 bits per heavy atom. The van der Waals surface area contributed by atoms with Crippen LogP contribution in [0.5, 0.6) is 11.5 Å². The van der Waals surface area contributed by atoms with Gasteiger partial charge in [0.15, 0.2) is 0 Å². The smallest absolute Gasteiger partial charge is 0.119 e. The van der Waals surface area contributed by atoms with Crippen molar-refractivity contribution in [3.8, 4) is 11.5 Å². The molecule has 0 aliphatic carbocycles. The summed E-state index contributed by atoms with van der Waals surface area (Å²) in [5.41, 5.74) is 2.42. The molecule has 148 valence electrons. The van der Waals surface area contributed by atoms with Crippen LogP contribution in [0.2, 0.25) is 0 Å². The lowest BCUT2D eigenvalue weighted by Crippen LogP contribution is -2.18. The third-order valence-corrected chi connectivity index (χ3v) is 4.46. The van der Waals surface area contributed by atoms with Crippen molar-refractivity contribution in [1.29, 1.82) is 0 Å². The summed E-state index contributed by atoms with van der Waals surface area (Å²) in [6, 6.07) is 15.7. The number of alkyl halides is 1. The van der Waals surface area contributed by atoms with Crippen molar-refractivity contribution >= 4 is 11.6 Å². The van der Waals surface area contributed by atoms with E-state index in [9.17, 15) is 10.2 Å². The Kier molecular flexibility index (Phi) is 9.42. The fraction of sp³-hybridized carbons (Fsp3) is 0.429. The van der Waals surface area contributed by atoms with Crippen molar-refractivity contribution in [3.63, 3.8) is 0 Å². The number of rotatable bonds is 12. The van der Waals surface area contributed by atoms with Gasteiger partial charge < -0.3 is 24.8 Å². The molecule has 0 radical (unpaired) electrons. The number of hydrogen-bond acceptors (Lipinski definition) is 5. The van der Waals surface area contributed by atoms with Crippen LogP contribution in [0.25, 0.3) is 0 Å². The van der Waals surface area contributed by atoms with Gasteiger partial charge in [0.1, 0.15) is 24.2 Å². The molecule has 0 bridgehead atoms. The molecule has 0 amide bonds. The highest BCUT2D eigenvalue weighted by Crippen LogP contribution is 2.17. The Hall–Kier alpha value is -1.79. The first kappa shape index (κ1) is 21.5. The average molecular weight is 395 g/mol. The van der Waals surface area contributed by atoms with Crippen LogP contribution in [0.1, 0.15) is 17.5 Å². The molecule has 0 aromatic heterocycles. The molecule has 2 aromatic carbocycles. The van der Waals surface area contributed by atoms with E-state index in [1.807, 2.05) is 48.5 Å². The van der Waals surface area contributed by atoms with E-state index in [1.54, 1.807) is 0 Å². The molecule has 5 nitrogen and oxygen atoms in total. The molecule has 2 atom stereocenters. The molecule has 0 heterocycles. The van der Waals surface area contributed by atoms with E-state index in [-0.39, 0.29) is 19.1 Å². The van der Waals surface area contributed by atoms with Crippen LogP contribution in [0.15, 0.2) is 48.5 Å². The summed E-state index contributed by atoms with van der Waals surface area (Å²) >= 11 is 5.54. The highest BCUT2D eigenvalue weighted by Gasteiger charge is 2.04. The van der Waals surface area contributed by atoms with Gasteiger partial charge in [-0.2, -0.15) is 0 Å². The third-order valence-electron chi connectivity index (χ3n) is 4.10. The van der Waals surface area contributed by atoms with E-state index in [4.69, 9.17) is 26.2 Å². The van der Waals surface area contributed by atoms with E-state index in [0.717, 1.165) is 24.3 Å². The Morgan fingerprint density at radius 2 is 1.30 bits per heavy atom. The maximum absolute atomic E-state index is 9.40. The van der Waals surface area contributed by atoms with Gasteiger partial charge in [-0.05, 0) is 48.2 Å². The van der Waals surface area contributed by atoms with Crippen molar-refractivity contribution in [2.45, 2.75) is 31.5 Å². The summed E-state index contributed by atoms with van der Waals surface area (Å²) in [5.74, 6) is 1.63. The van der Waals surface area contributed by atoms with E-state index < -0.39 is 12.2 Å². The number of hydrogen-bond donors (Lipinski definition) is 3. The molecule has 6 heteroatoms. The molecule has 0 saturated heterocycles. The van der Waals surface area contributed by atoms with E-state index in [0.29, 0.717) is 13.0 Å². The Balaban J connectivity index is 1.74. The second kappa shape index (κ2) is 11.8. The molecule has 3 N–H and O–H groups in total. The number of halogens is 1. The first-order valence-corrected chi connectivity index (χ1v) is 9.60. The SMILES string of the molecule is OCC(O)CCOc1ccc(CCc2ccc(OCC(O)CCl)cc2)cc1. The predicted octanol–water partition coefficient (Wildman–Crippen LogP) is 2.57. The topological polar surface area (TPSA) is 79.2 Å². The zero-order chi connectivity index (χ0) is 19.5. The summed E-state index contributed by atoms with van der Waals surface area (Å²) in [5, 5.41) is 27.5. The van der Waals surface area contributed by atoms with Gasteiger partial charge in [0.25, 0.3) is 0 Å². The first-order valence-electron chi connectivity index (χ1n) is 9.07. The first-order chi connectivity index (χ1) is 13.1. The van der Waals surface area contributed by atoms with E-state index in [1.165, 1.54) is 11.1 Å². The van der Waals surface area contributed by atoms with Gasteiger partial charge in [0.2, 0.25) is 0 Å². The molecular formula is C21H27ClO5. The number of aliphatic hydroxyl groups excluding tert-OH is 3. The van der Waals surface area contributed by atoms with Crippen molar-refractivity contribution in [2.75, 3.05) is 25.7 Å². The molecular weight excluding hydrogens is 368 g/mol. The molecule has 0 aliphatic heterocycles. The zero-order valence-electron chi connectivity index (χ0n) is 15.3. The van der Waals surface area contributed by atoms with Crippen LogP contribution < -0.4 is 9.47 Å². The number of benzene rings is 2. The van der Waals surface area contributed by atoms with Crippen LogP contribution in [0, 0.1) is 0 Å². The van der Waals surface area contributed by atoms with E-state index >= 15 is 0 Å². The van der Waals surface area contributed by atoms with Crippen LogP contribution in [-0.2, 0) is 12.8 Å². The van der Waals surface area contributed by atoms with Gasteiger partial charge >= 0.3 is 0 Å². The quantitative estimate of drug-likeness (QED) is 0.482. The maximum Gasteiger partial charge on any atom is 0.119 e. The van der Waals surface area contributed by atoms with Gasteiger partial charge in [-0.15, -0.1) is 11.6 Å². The van der Waals surface area contributed by atoms with Crippen LogP contribution in [0.4, 0.5) is 0 Å². The molecule has 2 aromatic rings. The highest BCUT2D eigenvalue weighted by molar-refractivity contribution is 6.18. The average Bonchev–Trinajstić information content (AvgIpc) is 2.72. The van der Waals surface area contributed by atoms with Gasteiger partial charge in [-0.3, -0.25) is 0 Å². The minimum Gasteiger partial charge on any atom is -0.493 e. The van der Waals surface area contributed by atoms with Crippen molar-refractivity contribution in [2.24, 2.45) is 0 Å². The number of ether oxygens (including phenoxy) is 2. The summed E-state index contributed by atoms with van der Waals surface area (Å²) < 4.78 is 11.0. The molecule has 0 aliphatic rings. The van der Waals surface area contributed by atoms with Gasteiger partial charge in [0.05, 0.1) is 25.2 Å². The van der Waals surface area contributed by atoms with Gasteiger partial charge in [-0.25, -0.2) is 0 Å².